The maximum atomic E-state index is 12.2. The zero-order valence-corrected chi connectivity index (χ0v) is 13.8. The lowest BCUT2D eigenvalue weighted by Gasteiger charge is -2.22. The molecule has 0 saturated heterocycles. The second-order valence-corrected chi connectivity index (χ2v) is 7.33. The molecule has 0 aliphatic rings. The maximum absolute atomic E-state index is 12.2. The minimum atomic E-state index is -3.51. The Kier molecular flexibility index (Phi) is 6.70. The van der Waals surface area contributed by atoms with Gasteiger partial charge in [-0.05, 0) is 17.9 Å². The van der Waals surface area contributed by atoms with Gasteiger partial charge in [0, 0.05) is 0 Å². The molecule has 0 saturated carbocycles. The Morgan fingerprint density at radius 1 is 1.23 bits per heavy atom. The fraction of sp³-hybridized carbons (Fsp3) is 0.467. The van der Waals surface area contributed by atoms with E-state index in [0.29, 0.717) is 12.7 Å². The molecule has 1 amide bonds. The number of carbonyl (C=O) groups is 2. The first-order valence-electron chi connectivity index (χ1n) is 7.00. The van der Waals surface area contributed by atoms with Crippen molar-refractivity contribution < 1.29 is 18.0 Å². The zero-order valence-electron chi connectivity index (χ0n) is 12.9. The van der Waals surface area contributed by atoms with Crippen molar-refractivity contribution in [3.05, 3.63) is 35.9 Å². The third-order valence-electron chi connectivity index (χ3n) is 3.08. The van der Waals surface area contributed by atoms with E-state index in [-0.39, 0.29) is 5.92 Å². The molecule has 122 valence electrons. The first-order chi connectivity index (χ1) is 10.2. The van der Waals surface area contributed by atoms with Gasteiger partial charge in [0.25, 0.3) is 0 Å². The van der Waals surface area contributed by atoms with E-state index in [0.717, 1.165) is 11.8 Å². The molecule has 0 aliphatic carbocycles. The van der Waals surface area contributed by atoms with E-state index in [1.165, 1.54) is 0 Å². The molecule has 1 aromatic carbocycles. The largest absolute Gasteiger partial charge is 0.345 e. The highest BCUT2D eigenvalue weighted by atomic mass is 32.2. The normalized spacial score (nSPS) is 14.4. The van der Waals surface area contributed by atoms with E-state index in [1.807, 2.05) is 30.3 Å². The summed E-state index contributed by atoms with van der Waals surface area (Å²) >= 11 is 0. The van der Waals surface area contributed by atoms with Crippen molar-refractivity contribution in [2.45, 2.75) is 32.4 Å². The molecule has 0 aliphatic heterocycles. The first kappa shape index (κ1) is 18.3. The van der Waals surface area contributed by atoms with Crippen LogP contribution in [0.5, 0.6) is 0 Å². The van der Waals surface area contributed by atoms with Gasteiger partial charge in [-0.3, -0.25) is 4.79 Å². The number of rotatable bonds is 8. The van der Waals surface area contributed by atoms with Gasteiger partial charge in [-0.15, -0.1) is 0 Å². The molecule has 7 heteroatoms. The summed E-state index contributed by atoms with van der Waals surface area (Å²) in [6.45, 7) is 3.46. The van der Waals surface area contributed by atoms with Crippen LogP contribution in [0.3, 0.4) is 0 Å². The SMILES string of the molecule is CC(C)C(NS(C)(=O)=O)C(=O)NC(C=O)Cc1ccccc1. The van der Waals surface area contributed by atoms with Crippen molar-refractivity contribution in [1.82, 2.24) is 10.0 Å². The lowest BCUT2D eigenvalue weighted by atomic mass is 10.0. The van der Waals surface area contributed by atoms with Crippen molar-refractivity contribution in [2.24, 2.45) is 5.92 Å². The van der Waals surface area contributed by atoms with Crippen molar-refractivity contribution in [2.75, 3.05) is 6.26 Å². The van der Waals surface area contributed by atoms with Crippen molar-refractivity contribution in [3.8, 4) is 0 Å². The van der Waals surface area contributed by atoms with E-state index < -0.39 is 28.0 Å². The average Bonchev–Trinajstić information content (AvgIpc) is 2.43. The van der Waals surface area contributed by atoms with Crippen LogP contribution in [0.1, 0.15) is 19.4 Å². The average molecular weight is 326 g/mol. The van der Waals surface area contributed by atoms with E-state index in [1.54, 1.807) is 13.8 Å². The Morgan fingerprint density at radius 3 is 2.27 bits per heavy atom. The molecule has 0 heterocycles. The van der Waals surface area contributed by atoms with Crippen LogP contribution >= 0.6 is 0 Å². The number of sulfonamides is 1. The van der Waals surface area contributed by atoms with Gasteiger partial charge in [0.1, 0.15) is 12.3 Å². The maximum Gasteiger partial charge on any atom is 0.239 e. The third-order valence-corrected chi connectivity index (χ3v) is 3.76. The second kappa shape index (κ2) is 8.05. The number of nitrogens with one attached hydrogen (secondary N) is 2. The minimum Gasteiger partial charge on any atom is -0.345 e. The number of hydrogen-bond acceptors (Lipinski definition) is 4. The smallest absolute Gasteiger partial charge is 0.239 e. The number of benzene rings is 1. The summed E-state index contributed by atoms with van der Waals surface area (Å²) < 4.78 is 25.0. The Balaban J connectivity index is 2.75. The van der Waals surface area contributed by atoms with Crippen LogP contribution in [0, 0.1) is 5.92 Å². The van der Waals surface area contributed by atoms with Crippen LogP contribution in [0.4, 0.5) is 0 Å². The van der Waals surface area contributed by atoms with Crippen LogP contribution in [0.15, 0.2) is 30.3 Å². The number of aldehydes is 1. The number of hydrogen-bond donors (Lipinski definition) is 2. The molecule has 2 unspecified atom stereocenters. The topological polar surface area (TPSA) is 92.3 Å². The van der Waals surface area contributed by atoms with Crippen molar-refractivity contribution >= 4 is 22.2 Å². The zero-order chi connectivity index (χ0) is 16.8. The molecular weight excluding hydrogens is 304 g/mol. The molecular formula is C15H22N2O4S. The fourth-order valence-corrected chi connectivity index (χ4v) is 2.84. The second-order valence-electron chi connectivity index (χ2n) is 5.55. The molecule has 1 rings (SSSR count). The van der Waals surface area contributed by atoms with Crippen LogP contribution in [-0.4, -0.2) is 39.0 Å². The summed E-state index contributed by atoms with van der Waals surface area (Å²) in [6.07, 6.45) is 2.01. The standard InChI is InChI=1S/C15H22N2O4S/c1-11(2)14(17-22(3,20)21)15(19)16-13(10-18)9-12-7-5-4-6-8-12/h4-8,10-11,13-14,17H,9H2,1-3H3,(H,16,19). The van der Waals surface area contributed by atoms with Gasteiger partial charge in [-0.1, -0.05) is 44.2 Å². The Hall–Kier alpha value is -1.73. The number of amides is 1. The molecule has 1 aromatic rings. The lowest BCUT2D eigenvalue weighted by molar-refractivity contribution is -0.126. The van der Waals surface area contributed by atoms with E-state index >= 15 is 0 Å². The summed E-state index contributed by atoms with van der Waals surface area (Å²) in [5.41, 5.74) is 0.914. The lowest BCUT2D eigenvalue weighted by Crippen LogP contribution is -2.52. The van der Waals surface area contributed by atoms with E-state index in [4.69, 9.17) is 0 Å². The fourth-order valence-electron chi connectivity index (χ4n) is 2.00. The van der Waals surface area contributed by atoms with Gasteiger partial charge in [0.15, 0.2) is 0 Å². The minimum absolute atomic E-state index is 0.237. The summed E-state index contributed by atoms with van der Waals surface area (Å²) in [7, 11) is -3.51. The monoisotopic (exact) mass is 326 g/mol. The summed E-state index contributed by atoms with van der Waals surface area (Å²) in [5, 5.41) is 2.59. The van der Waals surface area contributed by atoms with Crippen LogP contribution in [-0.2, 0) is 26.0 Å². The molecule has 0 fully saturated rings. The summed E-state index contributed by atoms with van der Waals surface area (Å²) in [4.78, 5) is 23.4. The molecule has 22 heavy (non-hydrogen) atoms. The number of carbonyl (C=O) groups excluding carboxylic acids is 2. The van der Waals surface area contributed by atoms with Gasteiger partial charge >= 0.3 is 0 Å². The van der Waals surface area contributed by atoms with Crippen molar-refractivity contribution in [1.29, 1.82) is 0 Å². The molecule has 0 bridgehead atoms. The van der Waals surface area contributed by atoms with Crippen molar-refractivity contribution in [3.63, 3.8) is 0 Å². The summed E-state index contributed by atoms with van der Waals surface area (Å²) in [6, 6.07) is 7.67. The molecule has 2 N–H and O–H groups in total. The Bertz CT molecular complexity index is 599. The van der Waals surface area contributed by atoms with Crippen LogP contribution in [0.2, 0.25) is 0 Å². The van der Waals surface area contributed by atoms with E-state index in [2.05, 4.69) is 10.0 Å². The van der Waals surface area contributed by atoms with Crippen LogP contribution in [0.25, 0.3) is 0 Å². The third kappa shape index (κ3) is 6.36. The molecule has 6 nitrogen and oxygen atoms in total. The van der Waals surface area contributed by atoms with Gasteiger partial charge in [-0.25, -0.2) is 13.1 Å². The molecule has 0 aromatic heterocycles. The highest BCUT2D eigenvalue weighted by Crippen LogP contribution is 2.06. The quantitative estimate of drug-likeness (QED) is 0.680. The van der Waals surface area contributed by atoms with Crippen LogP contribution < -0.4 is 10.0 Å². The van der Waals surface area contributed by atoms with Gasteiger partial charge in [-0.2, -0.15) is 0 Å². The Labute approximate surface area is 131 Å². The predicted molar refractivity (Wildman–Crippen MR) is 84.7 cm³/mol. The molecule has 0 radical (unpaired) electrons. The van der Waals surface area contributed by atoms with Gasteiger partial charge < -0.3 is 10.1 Å². The first-order valence-corrected chi connectivity index (χ1v) is 8.89. The van der Waals surface area contributed by atoms with E-state index in [9.17, 15) is 18.0 Å². The predicted octanol–water partition coefficient (Wildman–Crippen LogP) is 0.487. The Morgan fingerprint density at radius 2 is 1.82 bits per heavy atom. The van der Waals surface area contributed by atoms with Gasteiger partial charge in [0.05, 0.1) is 12.3 Å². The van der Waals surface area contributed by atoms with Gasteiger partial charge in [0.2, 0.25) is 15.9 Å². The highest BCUT2D eigenvalue weighted by Gasteiger charge is 2.27. The molecule has 2 atom stereocenters. The molecule has 0 spiro atoms. The highest BCUT2D eigenvalue weighted by molar-refractivity contribution is 7.88. The summed E-state index contributed by atoms with van der Waals surface area (Å²) in [5.74, 6) is -0.743.